The highest BCUT2D eigenvalue weighted by Crippen LogP contribution is 2.10. The normalized spacial score (nSPS) is 12.0. The van der Waals surface area contributed by atoms with Crippen molar-refractivity contribution < 1.29 is 4.79 Å². The van der Waals surface area contributed by atoms with Crippen LogP contribution in [-0.4, -0.2) is 21.7 Å². The molecule has 0 radical (unpaired) electrons. The number of carbonyl (C=O) groups excluding carboxylic acids is 1. The zero-order chi connectivity index (χ0) is 17.9. The van der Waals surface area contributed by atoms with Crippen molar-refractivity contribution in [2.75, 3.05) is 0 Å². The Hall–Kier alpha value is -2.43. The van der Waals surface area contributed by atoms with Crippen LogP contribution < -0.4 is 10.9 Å². The Kier molecular flexibility index (Phi) is 5.54. The second-order valence-corrected chi connectivity index (χ2v) is 6.28. The summed E-state index contributed by atoms with van der Waals surface area (Å²) in [6.07, 6.45) is 1.54. The number of amides is 1. The van der Waals surface area contributed by atoms with Crippen LogP contribution in [0.5, 0.6) is 0 Å². The summed E-state index contributed by atoms with van der Waals surface area (Å²) in [5.41, 5.74) is 3.54. The van der Waals surface area contributed by atoms with Crippen LogP contribution in [-0.2, 0) is 13.5 Å². The number of rotatable bonds is 5. The highest BCUT2D eigenvalue weighted by atomic mass is 16.2. The lowest BCUT2D eigenvalue weighted by Gasteiger charge is -2.18. The van der Waals surface area contributed by atoms with Crippen LogP contribution >= 0.6 is 0 Å². The van der Waals surface area contributed by atoms with Gasteiger partial charge in [0.2, 0.25) is 0 Å². The molecule has 0 aliphatic rings. The maximum atomic E-state index is 12.7. The van der Waals surface area contributed by atoms with E-state index in [4.69, 9.17) is 0 Å². The third-order valence-electron chi connectivity index (χ3n) is 4.38. The number of nitrogens with one attached hydrogen (secondary N) is 1. The summed E-state index contributed by atoms with van der Waals surface area (Å²) in [6.45, 7) is 7.64. The SMILES string of the molecule is CC[C@H](Cc1ccc(C)cc1)NC(=O)c1c(C)c(C)nn(C)c1=O. The van der Waals surface area contributed by atoms with Gasteiger partial charge in [0.1, 0.15) is 5.56 Å². The fourth-order valence-electron chi connectivity index (χ4n) is 2.68. The minimum absolute atomic E-state index is 0.0159. The van der Waals surface area contributed by atoms with Crippen molar-refractivity contribution in [3.05, 3.63) is 62.6 Å². The van der Waals surface area contributed by atoms with Gasteiger partial charge in [0.05, 0.1) is 5.69 Å². The van der Waals surface area contributed by atoms with Gasteiger partial charge in [-0.15, -0.1) is 0 Å². The highest BCUT2D eigenvalue weighted by Gasteiger charge is 2.20. The van der Waals surface area contributed by atoms with E-state index in [0.717, 1.165) is 12.8 Å². The molecular formula is C19H25N3O2. The number of hydrogen-bond acceptors (Lipinski definition) is 3. The van der Waals surface area contributed by atoms with Crippen molar-refractivity contribution in [2.24, 2.45) is 7.05 Å². The molecule has 128 valence electrons. The van der Waals surface area contributed by atoms with Crippen LogP contribution in [0.3, 0.4) is 0 Å². The summed E-state index contributed by atoms with van der Waals surface area (Å²) in [5.74, 6) is -0.322. The molecule has 0 aliphatic heterocycles. The lowest BCUT2D eigenvalue weighted by atomic mass is 10.0. The van der Waals surface area contributed by atoms with Crippen molar-refractivity contribution in [1.82, 2.24) is 15.1 Å². The number of nitrogens with zero attached hydrogens (tertiary/aromatic N) is 2. The topological polar surface area (TPSA) is 64.0 Å². The maximum Gasteiger partial charge on any atom is 0.279 e. The van der Waals surface area contributed by atoms with E-state index >= 15 is 0 Å². The number of hydrogen-bond donors (Lipinski definition) is 1. The standard InChI is InChI=1S/C19H25N3O2/c1-6-16(11-15-9-7-12(2)8-10-15)20-18(23)17-13(3)14(4)21-22(5)19(17)24/h7-10,16H,6,11H2,1-5H3,(H,20,23)/t16-/m1/s1. The van der Waals surface area contributed by atoms with Crippen LogP contribution in [0.15, 0.2) is 29.1 Å². The molecule has 2 rings (SSSR count). The van der Waals surface area contributed by atoms with Gasteiger partial charge in [0, 0.05) is 13.1 Å². The van der Waals surface area contributed by atoms with E-state index in [1.54, 1.807) is 20.9 Å². The molecule has 5 heteroatoms. The Bertz CT molecular complexity index is 791. The van der Waals surface area contributed by atoms with Gasteiger partial charge < -0.3 is 5.32 Å². The molecule has 0 aliphatic carbocycles. The van der Waals surface area contributed by atoms with E-state index in [2.05, 4.69) is 34.7 Å². The Morgan fingerprint density at radius 1 is 1.21 bits per heavy atom. The van der Waals surface area contributed by atoms with E-state index in [9.17, 15) is 9.59 Å². The van der Waals surface area contributed by atoms with Crippen molar-refractivity contribution in [2.45, 2.75) is 46.6 Å². The predicted octanol–water partition coefficient (Wildman–Crippen LogP) is 2.46. The molecule has 0 saturated heterocycles. The number of benzene rings is 1. The quantitative estimate of drug-likeness (QED) is 0.917. The Morgan fingerprint density at radius 2 is 1.83 bits per heavy atom. The molecule has 2 aromatic rings. The Morgan fingerprint density at radius 3 is 2.42 bits per heavy atom. The van der Waals surface area contributed by atoms with Crippen molar-refractivity contribution in [1.29, 1.82) is 0 Å². The predicted molar refractivity (Wildman–Crippen MR) is 95.4 cm³/mol. The van der Waals surface area contributed by atoms with Crippen LogP contribution in [0.25, 0.3) is 0 Å². The van der Waals surface area contributed by atoms with E-state index in [1.165, 1.54) is 15.8 Å². The van der Waals surface area contributed by atoms with Gasteiger partial charge in [-0.2, -0.15) is 5.10 Å². The lowest BCUT2D eigenvalue weighted by molar-refractivity contribution is 0.0932. The monoisotopic (exact) mass is 327 g/mol. The van der Waals surface area contributed by atoms with Gasteiger partial charge >= 0.3 is 0 Å². The largest absolute Gasteiger partial charge is 0.349 e. The number of carbonyl (C=O) groups is 1. The zero-order valence-electron chi connectivity index (χ0n) is 15.0. The van der Waals surface area contributed by atoms with Crippen molar-refractivity contribution in [3.8, 4) is 0 Å². The first-order chi connectivity index (χ1) is 11.3. The first kappa shape index (κ1) is 17.9. The third-order valence-corrected chi connectivity index (χ3v) is 4.38. The summed E-state index contributed by atoms with van der Waals surface area (Å²) in [7, 11) is 1.56. The van der Waals surface area contributed by atoms with Gasteiger partial charge in [0.25, 0.3) is 11.5 Å². The van der Waals surface area contributed by atoms with Gasteiger partial charge in [-0.3, -0.25) is 9.59 Å². The smallest absolute Gasteiger partial charge is 0.279 e. The first-order valence-electron chi connectivity index (χ1n) is 8.24. The zero-order valence-corrected chi connectivity index (χ0v) is 15.0. The molecule has 0 saturated carbocycles. The fourth-order valence-corrected chi connectivity index (χ4v) is 2.68. The second kappa shape index (κ2) is 7.43. The minimum Gasteiger partial charge on any atom is -0.349 e. The van der Waals surface area contributed by atoms with E-state index < -0.39 is 0 Å². The van der Waals surface area contributed by atoms with Gasteiger partial charge in [-0.25, -0.2) is 4.68 Å². The second-order valence-electron chi connectivity index (χ2n) is 6.28. The molecule has 1 amide bonds. The molecule has 1 heterocycles. The molecule has 1 aromatic heterocycles. The van der Waals surface area contributed by atoms with Gasteiger partial charge in [0.15, 0.2) is 0 Å². The maximum absolute atomic E-state index is 12.7. The average Bonchev–Trinajstić information content (AvgIpc) is 2.54. The minimum atomic E-state index is -0.360. The summed E-state index contributed by atoms with van der Waals surface area (Å²) >= 11 is 0. The summed E-state index contributed by atoms with van der Waals surface area (Å²) in [5, 5.41) is 7.12. The Balaban J connectivity index is 2.21. The summed E-state index contributed by atoms with van der Waals surface area (Å²) in [6, 6.07) is 8.26. The lowest BCUT2D eigenvalue weighted by Crippen LogP contribution is -2.41. The number of aryl methyl sites for hydroxylation is 3. The molecular weight excluding hydrogens is 302 g/mol. The first-order valence-corrected chi connectivity index (χ1v) is 8.24. The van der Waals surface area contributed by atoms with Crippen LogP contribution in [0.1, 0.15) is 46.1 Å². The van der Waals surface area contributed by atoms with Gasteiger partial charge in [-0.1, -0.05) is 36.8 Å². The molecule has 5 nitrogen and oxygen atoms in total. The molecule has 0 unspecified atom stereocenters. The molecule has 1 N–H and O–H groups in total. The molecule has 1 atom stereocenters. The van der Waals surface area contributed by atoms with E-state index in [1.807, 2.05) is 13.8 Å². The van der Waals surface area contributed by atoms with E-state index in [0.29, 0.717) is 11.3 Å². The molecule has 0 fully saturated rings. The summed E-state index contributed by atoms with van der Waals surface area (Å²) in [4.78, 5) is 24.9. The van der Waals surface area contributed by atoms with E-state index in [-0.39, 0.29) is 23.1 Å². The molecule has 0 bridgehead atoms. The Labute approximate surface area is 142 Å². The molecule has 1 aromatic carbocycles. The highest BCUT2D eigenvalue weighted by molar-refractivity contribution is 5.95. The average molecular weight is 327 g/mol. The van der Waals surface area contributed by atoms with Crippen LogP contribution in [0, 0.1) is 20.8 Å². The van der Waals surface area contributed by atoms with Crippen LogP contribution in [0.2, 0.25) is 0 Å². The van der Waals surface area contributed by atoms with Crippen molar-refractivity contribution >= 4 is 5.91 Å². The fraction of sp³-hybridized carbons (Fsp3) is 0.421. The molecule has 24 heavy (non-hydrogen) atoms. The molecule has 0 spiro atoms. The number of aromatic nitrogens is 2. The van der Waals surface area contributed by atoms with Crippen LogP contribution in [0.4, 0.5) is 0 Å². The summed E-state index contributed by atoms with van der Waals surface area (Å²) < 4.78 is 1.22. The van der Waals surface area contributed by atoms with Crippen molar-refractivity contribution in [3.63, 3.8) is 0 Å². The van der Waals surface area contributed by atoms with Gasteiger partial charge in [-0.05, 0) is 44.7 Å². The third kappa shape index (κ3) is 3.91.